The molecule has 2 heterocycles. The van der Waals surface area contributed by atoms with Crippen molar-refractivity contribution in [2.45, 2.75) is 6.18 Å². The van der Waals surface area contributed by atoms with Crippen LogP contribution in [0.5, 0.6) is 0 Å². The Morgan fingerprint density at radius 1 is 0.821 bits per heavy atom. The van der Waals surface area contributed by atoms with Crippen LogP contribution in [0.3, 0.4) is 0 Å². The predicted octanol–water partition coefficient (Wildman–Crippen LogP) is 6.42. The van der Waals surface area contributed by atoms with E-state index in [9.17, 15) is 13.2 Å². The van der Waals surface area contributed by atoms with Crippen molar-refractivity contribution in [3.63, 3.8) is 0 Å². The second kappa shape index (κ2) is 6.16. The third-order valence-corrected chi connectivity index (χ3v) is 7.17. The Hall–Kier alpha value is -2.69. The van der Waals surface area contributed by atoms with E-state index >= 15 is 4.39 Å². The summed E-state index contributed by atoms with van der Waals surface area (Å²) in [4.78, 5) is 4.30. The van der Waals surface area contributed by atoms with Gasteiger partial charge in [0.25, 0.3) is 0 Å². The first kappa shape index (κ1) is 17.4. The number of fused-ring (bicyclic) bond motifs is 3. The molecule has 3 aromatic carbocycles. The maximum atomic E-state index is 15.4. The summed E-state index contributed by atoms with van der Waals surface area (Å²) >= 11 is -0.144. The molecular formula is C22H11F4NSe. The van der Waals surface area contributed by atoms with Crippen molar-refractivity contribution in [1.29, 1.82) is 0 Å². The summed E-state index contributed by atoms with van der Waals surface area (Å²) in [6, 6.07) is 16.6. The number of aromatic nitrogens is 1. The van der Waals surface area contributed by atoms with Gasteiger partial charge in [0.05, 0.1) is 0 Å². The monoisotopic (exact) mass is 445 g/mol. The number of nitrogens with zero attached hydrogens (tertiary/aromatic N) is 1. The van der Waals surface area contributed by atoms with Gasteiger partial charge in [0.15, 0.2) is 0 Å². The van der Waals surface area contributed by atoms with Crippen LogP contribution in [0.15, 0.2) is 66.9 Å². The Labute approximate surface area is 163 Å². The zero-order chi connectivity index (χ0) is 19.5. The summed E-state index contributed by atoms with van der Waals surface area (Å²) in [5.74, 6) is -0.658. The fourth-order valence-corrected chi connectivity index (χ4v) is 5.89. The third-order valence-electron chi connectivity index (χ3n) is 4.82. The van der Waals surface area contributed by atoms with E-state index < -0.39 is 17.6 Å². The average Bonchev–Trinajstić information content (AvgIpc) is 3.11. The van der Waals surface area contributed by atoms with E-state index in [1.807, 2.05) is 30.3 Å². The summed E-state index contributed by atoms with van der Waals surface area (Å²) in [7, 11) is 0. The second-order valence-corrected chi connectivity index (χ2v) is 8.74. The molecule has 5 rings (SSSR count). The molecule has 0 bridgehead atoms. The number of halogens is 4. The van der Waals surface area contributed by atoms with Gasteiger partial charge in [-0.05, 0) is 0 Å². The maximum absolute atomic E-state index is 15.4. The van der Waals surface area contributed by atoms with Crippen molar-refractivity contribution in [3.8, 4) is 10.1 Å². The molecule has 0 aliphatic carbocycles. The number of hydrogen-bond acceptors (Lipinski definition) is 1. The molecule has 138 valence electrons. The third kappa shape index (κ3) is 2.56. The van der Waals surface area contributed by atoms with Gasteiger partial charge >= 0.3 is 163 Å². The van der Waals surface area contributed by atoms with Crippen LogP contribution >= 0.6 is 0 Å². The molecule has 2 aromatic heterocycles. The van der Waals surface area contributed by atoms with Gasteiger partial charge in [-0.1, -0.05) is 0 Å². The fraction of sp³-hybridized carbons (Fsp3) is 0.0455. The minimum absolute atomic E-state index is 0.0415. The molecule has 6 heteroatoms. The van der Waals surface area contributed by atoms with Gasteiger partial charge in [-0.15, -0.1) is 0 Å². The minimum atomic E-state index is -4.61. The van der Waals surface area contributed by atoms with Crippen LogP contribution in [0.1, 0.15) is 5.56 Å². The molecule has 0 spiro atoms. The first-order valence-corrected chi connectivity index (χ1v) is 10.2. The Kier molecular flexibility index (Phi) is 3.83. The molecule has 0 fully saturated rings. The van der Waals surface area contributed by atoms with E-state index in [4.69, 9.17) is 0 Å². The Morgan fingerprint density at radius 2 is 1.54 bits per heavy atom. The molecule has 0 saturated heterocycles. The molecule has 0 saturated carbocycles. The van der Waals surface area contributed by atoms with Crippen LogP contribution in [0, 0.1) is 5.82 Å². The van der Waals surface area contributed by atoms with E-state index in [0.29, 0.717) is 5.69 Å². The second-order valence-electron chi connectivity index (χ2n) is 6.46. The number of hydrogen-bond donors (Lipinski definition) is 0. The van der Waals surface area contributed by atoms with Gasteiger partial charge in [-0.2, -0.15) is 0 Å². The van der Waals surface area contributed by atoms with Gasteiger partial charge in [0.1, 0.15) is 0 Å². The van der Waals surface area contributed by atoms with Crippen molar-refractivity contribution in [1.82, 2.24) is 4.98 Å². The van der Waals surface area contributed by atoms with E-state index in [1.165, 1.54) is 30.5 Å². The summed E-state index contributed by atoms with van der Waals surface area (Å²) in [6.07, 6.45) is -3.27. The van der Waals surface area contributed by atoms with Crippen LogP contribution in [0.25, 0.3) is 41.3 Å². The van der Waals surface area contributed by atoms with Gasteiger partial charge < -0.3 is 0 Å². The predicted molar refractivity (Wildman–Crippen MR) is 104 cm³/mol. The van der Waals surface area contributed by atoms with Crippen LogP contribution in [-0.2, 0) is 6.18 Å². The first-order chi connectivity index (χ1) is 13.4. The zero-order valence-electron chi connectivity index (χ0n) is 14.2. The van der Waals surface area contributed by atoms with Gasteiger partial charge in [0.2, 0.25) is 0 Å². The molecule has 0 aliphatic rings. The molecule has 0 aliphatic heterocycles. The van der Waals surface area contributed by atoms with Crippen LogP contribution < -0.4 is 0 Å². The van der Waals surface area contributed by atoms with Crippen molar-refractivity contribution in [2.75, 3.05) is 0 Å². The topological polar surface area (TPSA) is 12.9 Å². The molecule has 0 unspecified atom stereocenters. The molecule has 0 amide bonds. The average molecular weight is 444 g/mol. The quantitative estimate of drug-likeness (QED) is 0.165. The van der Waals surface area contributed by atoms with E-state index in [1.54, 1.807) is 6.07 Å². The van der Waals surface area contributed by atoms with Gasteiger partial charge in [0, 0.05) is 0 Å². The molecule has 5 aromatic rings. The fourth-order valence-electron chi connectivity index (χ4n) is 3.66. The molecular weight excluding hydrogens is 433 g/mol. The molecule has 0 atom stereocenters. The number of alkyl halides is 3. The van der Waals surface area contributed by atoms with Crippen LogP contribution in [0.2, 0.25) is 0 Å². The molecule has 1 nitrogen and oxygen atoms in total. The van der Waals surface area contributed by atoms with Crippen molar-refractivity contribution in [3.05, 3.63) is 78.2 Å². The van der Waals surface area contributed by atoms with E-state index in [2.05, 4.69) is 4.98 Å². The van der Waals surface area contributed by atoms with E-state index in [0.717, 1.165) is 14.1 Å². The Bertz CT molecular complexity index is 1340. The van der Waals surface area contributed by atoms with Gasteiger partial charge in [-0.3, -0.25) is 0 Å². The standard InChI is InChI=1S/C22H11F4NSe/c23-20-14-7-3-2-6-13(14)19(22(24,25)26)15-9-10-27-21(18(15)20)17-11-12-5-1-4-8-16(12)28-17/h1-11H. The number of pyridine rings is 1. The van der Waals surface area contributed by atoms with Crippen LogP contribution in [-0.4, -0.2) is 19.5 Å². The van der Waals surface area contributed by atoms with Crippen LogP contribution in [0.4, 0.5) is 17.6 Å². The number of rotatable bonds is 1. The Balaban J connectivity index is 1.96. The van der Waals surface area contributed by atoms with Crippen molar-refractivity contribution >= 4 is 45.7 Å². The van der Waals surface area contributed by atoms with Crippen molar-refractivity contribution < 1.29 is 17.6 Å². The van der Waals surface area contributed by atoms with E-state index in [-0.39, 0.29) is 36.0 Å². The summed E-state index contributed by atoms with van der Waals surface area (Å²) < 4.78 is 59.2. The summed E-state index contributed by atoms with van der Waals surface area (Å²) in [5, 5.41) is 0.621. The SMILES string of the molecule is Fc1c2ccccc2c(C(F)(F)F)c2ccnc(-c3cc4ccccc4[se]3)c12. The number of benzene rings is 3. The summed E-state index contributed by atoms with van der Waals surface area (Å²) in [6.45, 7) is 0. The summed E-state index contributed by atoms with van der Waals surface area (Å²) in [5.41, 5.74) is -0.519. The normalized spacial score (nSPS) is 12.3. The first-order valence-electron chi connectivity index (χ1n) is 8.50. The Morgan fingerprint density at radius 3 is 2.29 bits per heavy atom. The molecule has 0 radical (unpaired) electrons. The van der Waals surface area contributed by atoms with Gasteiger partial charge in [-0.25, -0.2) is 0 Å². The van der Waals surface area contributed by atoms with Crippen molar-refractivity contribution in [2.24, 2.45) is 0 Å². The zero-order valence-corrected chi connectivity index (χ0v) is 15.9. The molecule has 28 heavy (non-hydrogen) atoms. The molecule has 0 N–H and O–H groups in total.